The molecule has 126 valence electrons. The smallest absolute Gasteiger partial charge is 0.229 e. The van der Waals surface area contributed by atoms with Crippen LogP contribution in [0.5, 0.6) is 0 Å². The molecular formula is C15H14F2N4O2S. The van der Waals surface area contributed by atoms with Crippen molar-refractivity contribution < 1.29 is 18.4 Å². The van der Waals surface area contributed by atoms with E-state index in [4.69, 9.17) is 0 Å². The van der Waals surface area contributed by atoms with Crippen LogP contribution in [0.4, 0.5) is 13.9 Å². The van der Waals surface area contributed by atoms with Crippen LogP contribution in [0.15, 0.2) is 18.2 Å². The highest BCUT2D eigenvalue weighted by Crippen LogP contribution is 2.27. The highest BCUT2D eigenvalue weighted by atomic mass is 32.1. The third-order valence-corrected chi connectivity index (χ3v) is 4.55. The van der Waals surface area contributed by atoms with Crippen LogP contribution in [-0.2, 0) is 16.1 Å². The first-order chi connectivity index (χ1) is 11.4. The zero-order valence-corrected chi connectivity index (χ0v) is 13.6. The van der Waals surface area contributed by atoms with Gasteiger partial charge in [0.1, 0.15) is 5.01 Å². The maximum atomic E-state index is 13.1. The van der Waals surface area contributed by atoms with Gasteiger partial charge in [0, 0.05) is 19.5 Å². The van der Waals surface area contributed by atoms with Crippen LogP contribution in [0, 0.1) is 24.5 Å². The van der Waals surface area contributed by atoms with Crippen LogP contribution in [0.2, 0.25) is 0 Å². The zero-order chi connectivity index (χ0) is 17.3. The second-order valence-corrected chi connectivity index (χ2v) is 6.64. The van der Waals surface area contributed by atoms with Gasteiger partial charge in [0.25, 0.3) is 0 Å². The van der Waals surface area contributed by atoms with Crippen LogP contribution in [0.25, 0.3) is 0 Å². The van der Waals surface area contributed by atoms with E-state index in [1.165, 1.54) is 22.3 Å². The van der Waals surface area contributed by atoms with E-state index in [0.717, 1.165) is 17.1 Å². The lowest BCUT2D eigenvalue weighted by atomic mass is 10.1. The number of aromatic nitrogens is 2. The Labute approximate surface area is 140 Å². The normalized spacial score (nSPS) is 17.4. The summed E-state index contributed by atoms with van der Waals surface area (Å²) in [5, 5.41) is 11.6. The Morgan fingerprint density at radius 3 is 2.83 bits per heavy atom. The minimum Gasteiger partial charge on any atom is -0.352 e. The highest BCUT2D eigenvalue weighted by Gasteiger charge is 2.36. The molecule has 1 unspecified atom stereocenters. The fourth-order valence-electron chi connectivity index (χ4n) is 2.45. The molecule has 1 fully saturated rings. The summed E-state index contributed by atoms with van der Waals surface area (Å²) in [4.78, 5) is 25.7. The van der Waals surface area contributed by atoms with Crippen LogP contribution in [0.3, 0.4) is 0 Å². The van der Waals surface area contributed by atoms with Crippen LogP contribution in [0.1, 0.15) is 17.0 Å². The summed E-state index contributed by atoms with van der Waals surface area (Å²) < 4.78 is 26.0. The maximum Gasteiger partial charge on any atom is 0.229 e. The molecule has 1 aromatic carbocycles. The molecule has 1 N–H and O–H groups in total. The van der Waals surface area contributed by atoms with Crippen molar-refractivity contribution in [2.75, 3.05) is 11.4 Å². The Balaban J connectivity index is 1.59. The van der Waals surface area contributed by atoms with Gasteiger partial charge in [-0.3, -0.25) is 14.5 Å². The van der Waals surface area contributed by atoms with E-state index in [-0.39, 0.29) is 31.3 Å². The summed E-state index contributed by atoms with van der Waals surface area (Å²) in [6.45, 7) is 2.09. The summed E-state index contributed by atoms with van der Waals surface area (Å²) >= 11 is 1.29. The maximum absolute atomic E-state index is 13.1. The van der Waals surface area contributed by atoms with Crippen molar-refractivity contribution in [1.82, 2.24) is 15.5 Å². The van der Waals surface area contributed by atoms with E-state index in [1.807, 2.05) is 0 Å². The fraction of sp³-hybridized carbons (Fsp3) is 0.333. The summed E-state index contributed by atoms with van der Waals surface area (Å²) in [7, 11) is 0. The van der Waals surface area contributed by atoms with Crippen molar-refractivity contribution in [2.45, 2.75) is 19.9 Å². The van der Waals surface area contributed by atoms with Crippen LogP contribution in [-0.4, -0.2) is 28.6 Å². The first kappa shape index (κ1) is 16.4. The molecule has 0 bridgehead atoms. The number of nitrogens with one attached hydrogen (secondary N) is 1. The van der Waals surface area contributed by atoms with Gasteiger partial charge in [-0.1, -0.05) is 17.4 Å². The predicted molar refractivity (Wildman–Crippen MR) is 83.3 cm³/mol. The molecule has 1 aliphatic rings. The van der Waals surface area contributed by atoms with Gasteiger partial charge < -0.3 is 5.32 Å². The van der Waals surface area contributed by atoms with Gasteiger partial charge >= 0.3 is 0 Å². The Morgan fingerprint density at radius 1 is 1.38 bits per heavy atom. The monoisotopic (exact) mass is 352 g/mol. The molecule has 1 atom stereocenters. The lowest BCUT2D eigenvalue weighted by Crippen LogP contribution is -2.32. The molecule has 3 rings (SSSR count). The molecule has 6 nitrogen and oxygen atoms in total. The van der Waals surface area contributed by atoms with E-state index >= 15 is 0 Å². The number of benzene rings is 1. The summed E-state index contributed by atoms with van der Waals surface area (Å²) in [5.74, 6) is -2.90. The molecule has 24 heavy (non-hydrogen) atoms. The largest absolute Gasteiger partial charge is 0.352 e. The van der Waals surface area contributed by atoms with E-state index < -0.39 is 17.6 Å². The minimum atomic E-state index is -0.962. The number of halogens is 2. The quantitative estimate of drug-likeness (QED) is 0.910. The third kappa shape index (κ3) is 3.40. The van der Waals surface area contributed by atoms with E-state index in [9.17, 15) is 18.4 Å². The van der Waals surface area contributed by atoms with Crippen molar-refractivity contribution in [3.05, 3.63) is 40.4 Å². The van der Waals surface area contributed by atoms with E-state index in [1.54, 1.807) is 6.92 Å². The van der Waals surface area contributed by atoms with Crippen molar-refractivity contribution in [3.63, 3.8) is 0 Å². The van der Waals surface area contributed by atoms with Gasteiger partial charge in [0.2, 0.25) is 16.9 Å². The van der Waals surface area contributed by atoms with Gasteiger partial charge in [0.05, 0.1) is 5.92 Å². The Bertz CT molecular complexity index is 796. The molecule has 2 amide bonds. The van der Waals surface area contributed by atoms with Gasteiger partial charge in [-0.05, 0) is 24.6 Å². The Hall–Kier alpha value is -2.42. The van der Waals surface area contributed by atoms with Crippen LogP contribution >= 0.6 is 11.3 Å². The molecule has 1 aromatic heterocycles. The van der Waals surface area contributed by atoms with Crippen molar-refractivity contribution >= 4 is 28.3 Å². The van der Waals surface area contributed by atoms with Crippen LogP contribution < -0.4 is 10.2 Å². The van der Waals surface area contributed by atoms with Gasteiger partial charge in [-0.15, -0.1) is 10.2 Å². The predicted octanol–water partition coefficient (Wildman–Crippen LogP) is 1.79. The second kappa shape index (κ2) is 6.60. The van der Waals surface area contributed by atoms with Gasteiger partial charge in [0.15, 0.2) is 11.6 Å². The molecule has 1 aliphatic heterocycles. The number of hydrogen-bond acceptors (Lipinski definition) is 5. The van der Waals surface area contributed by atoms with Crippen molar-refractivity contribution in [3.8, 4) is 0 Å². The summed E-state index contributed by atoms with van der Waals surface area (Å²) in [6.07, 6.45) is 0.0856. The van der Waals surface area contributed by atoms with E-state index in [0.29, 0.717) is 10.7 Å². The standard InChI is InChI=1S/C15H14F2N4O2S/c1-8-19-20-15(24-8)21-7-10(5-13(21)22)14(23)18-6-9-2-3-11(16)12(17)4-9/h2-4,10H,5-7H2,1H3,(H,18,23). The molecule has 2 heterocycles. The topological polar surface area (TPSA) is 75.2 Å². The van der Waals surface area contributed by atoms with E-state index in [2.05, 4.69) is 15.5 Å². The molecule has 9 heteroatoms. The molecular weight excluding hydrogens is 338 g/mol. The van der Waals surface area contributed by atoms with Crippen molar-refractivity contribution in [2.24, 2.45) is 5.92 Å². The molecule has 0 radical (unpaired) electrons. The Morgan fingerprint density at radius 2 is 2.17 bits per heavy atom. The van der Waals surface area contributed by atoms with Crippen molar-refractivity contribution in [1.29, 1.82) is 0 Å². The first-order valence-electron chi connectivity index (χ1n) is 7.26. The number of carbonyl (C=O) groups excluding carboxylic acids is 2. The fourth-order valence-corrected chi connectivity index (χ4v) is 3.16. The molecule has 0 aliphatic carbocycles. The molecule has 0 saturated carbocycles. The number of aryl methyl sites for hydroxylation is 1. The average molecular weight is 352 g/mol. The minimum absolute atomic E-state index is 0.0681. The first-order valence-corrected chi connectivity index (χ1v) is 8.08. The third-order valence-electron chi connectivity index (χ3n) is 3.69. The number of hydrogen-bond donors (Lipinski definition) is 1. The lowest BCUT2D eigenvalue weighted by molar-refractivity contribution is -0.126. The lowest BCUT2D eigenvalue weighted by Gasteiger charge is -2.12. The molecule has 1 saturated heterocycles. The van der Waals surface area contributed by atoms with Gasteiger partial charge in [-0.25, -0.2) is 8.78 Å². The second-order valence-electron chi connectivity index (χ2n) is 5.48. The zero-order valence-electron chi connectivity index (χ0n) is 12.8. The summed E-state index contributed by atoms with van der Waals surface area (Å²) in [5.41, 5.74) is 0.447. The molecule has 2 aromatic rings. The number of carbonyl (C=O) groups is 2. The summed E-state index contributed by atoms with van der Waals surface area (Å²) in [6, 6.07) is 3.44. The number of amides is 2. The van der Waals surface area contributed by atoms with Gasteiger partial charge in [-0.2, -0.15) is 0 Å². The SMILES string of the molecule is Cc1nnc(N2CC(C(=O)NCc3ccc(F)c(F)c3)CC2=O)s1. The Kier molecular flexibility index (Phi) is 4.52. The highest BCUT2D eigenvalue weighted by molar-refractivity contribution is 7.15. The average Bonchev–Trinajstić information content (AvgIpc) is 3.14. The molecule has 0 spiro atoms. The number of anilines is 1. The number of nitrogens with zero attached hydrogens (tertiary/aromatic N) is 3. The number of rotatable bonds is 4.